The first-order valence-corrected chi connectivity index (χ1v) is 14.7. The number of esters is 1. The number of nitrogens with zero attached hydrogens (tertiary/aromatic N) is 2. The van der Waals surface area contributed by atoms with Crippen LogP contribution in [0.2, 0.25) is 0 Å². The maximum atomic E-state index is 13.7. The largest absolute Gasteiger partial charge is 0.465 e. The number of rotatable bonds is 9. The number of hydrogen-bond donors (Lipinski definition) is 0. The zero-order valence-corrected chi connectivity index (χ0v) is 22.1. The molecule has 0 aliphatic carbocycles. The van der Waals surface area contributed by atoms with E-state index in [1.165, 1.54) is 23.5 Å². The van der Waals surface area contributed by atoms with E-state index in [4.69, 9.17) is 0 Å². The van der Waals surface area contributed by atoms with E-state index in [-0.39, 0.29) is 35.8 Å². The zero-order chi connectivity index (χ0) is 27.4. The van der Waals surface area contributed by atoms with Crippen LogP contribution in [0.4, 0.5) is 13.2 Å². The minimum absolute atomic E-state index is 0.0670. The summed E-state index contributed by atoms with van der Waals surface area (Å²) in [7, 11) is -6.68. The first kappa shape index (κ1) is 29.1. The van der Waals surface area contributed by atoms with Crippen LogP contribution >= 0.6 is 0 Å². The van der Waals surface area contributed by atoms with Gasteiger partial charge in [-0.25, -0.2) is 25.9 Å². The minimum atomic E-state index is -4.62. The highest BCUT2D eigenvalue weighted by molar-refractivity contribution is 7.89. The van der Waals surface area contributed by atoms with E-state index in [1.54, 1.807) is 19.1 Å². The molecular weight excluding hydrogens is 533 g/mol. The zero-order valence-electron chi connectivity index (χ0n) is 20.4. The molecule has 37 heavy (non-hydrogen) atoms. The predicted octanol–water partition coefficient (Wildman–Crippen LogP) is 3.89. The van der Waals surface area contributed by atoms with Crippen molar-refractivity contribution in [3.05, 3.63) is 65.2 Å². The highest BCUT2D eigenvalue weighted by atomic mass is 32.2. The summed E-state index contributed by atoms with van der Waals surface area (Å²) in [6.45, 7) is 1.76. The Morgan fingerprint density at radius 1 is 1.05 bits per heavy atom. The maximum Gasteiger partial charge on any atom is 0.416 e. The second kappa shape index (κ2) is 11.5. The summed E-state index contributed by atoms with van der Waals surface area (Å²) in [5.41, 5.74) is -0.208. The number of halogens is 3. The summed E-state index contributed by atoms with van der Waals surface area (Å²) >= 11 is 0. The number of piperidine rings is 1. The third-order valence-corrected chi connectivity index (χ3v) is 10.1. The molecule has 1 heterocycles. The van der Waals surface area contributed by atoms with Crippen LogP contribution in [0.1, 0.15) is 47.7 Å². The van der Waals surface area contributed by atoms with Crippen molar-refractivity contribution in [3.8, 4) is 0 Å². The topological polar surface area (TPSA) is 101 Å². The van der Waals surface area contributed by atoms with Crippen molar-refractivity contribution in [2.24, 2.45) is 0 Å². The summed E-state index contributed by atoms with van der Waals surface area (Å²) in [4.78, 5) is 11.4. The molecule has 8 nitrogen and oxygen atoms in total. The van der Waals surface area contributed by atoms with Gasteiger partial charge in [-0.3, -0.25) is 0 Å². The van der Waals surface area contributed by atoms with Crippen LogP contribution in [0.3, 0.4) is 0 Å². The van der Waals surface area contributed by atoms with Crippen LogP contribution in [-0.2, 0) is 37.5 Å². The average Bonchev–Trinajstić information content (AvgIpc) is 2.86. The SMILES string of the molecule is CCCS(=O)(=O)N1CCCC(N(Cc2ccc(C(=O)OC)cc2)S(=O)(=O)c2ccc(C(F)(F)F)cc2)C1. The second-order valence-electron chi connectivity index (χ2n) is 8.73. The maximum absolute atomic E-state index is 13.7. The van der Waals surface area contributed by atoms with E-state index in [2.05, 4.69) is 4.74 Å². The molecule has 13 heteroatoms. The Morgan fingerprint density at radius 3 is 2.22 bits per heavy atom. The van der Waals surface area contributed by atoms with Crippen LogP contribution in [-0.4, -0.2) is 63.4 Å². The number of alkyl halides is 3. The first-order valence-electron chi connectivity index (χ1n) is 11.6. The van der Waals surface area contributed by atoms with Crippen molar-refractivity contribution in [1.82, 2.24) is 8.61 Å². The third-order valence-electron chi connectivity index (χ3n) is 6.12. The molecule has 1 aliphatic rings. The smallest absolute Gasteiger partial charge is 0.416 e. The van der Waals surface area contributed by atoms with Gasteiger partial charge in [0, 0.05) is 25.7 Å². The van der Waals surface area contributed by atoms with E-state index >= 15 is 0 Å². The Morgan fingerprint density at radius 2 is 1.68 bits per heavy atom. The summed E-state index contributed by atoms with van der Waals surface area (Å²) < 4.78 is 99.0. The standard InChI is InChI=1S/C24H29F3N2O6S2/c1-3-15-36(31,32)28-14-4-5-21(17-28)29(16-18-6-8-19(9-7-18)23(30)35-2)37(33,34)22-12-10-20(11-13-22)24(25,26)27/h6-13,21H,3-5,14-17H2,1-2H3. The number of sulfonamides is 2. The van der Waals surface area contributed by atoms with Crippen molar-refractivity contribution in [2.75, 3.05) is 26.0 Å². The molecular formula is C24H29F3N2O6S2. The van der Waals surface area contributed by atoms with E-state index < -0.39 is 43.8 Å². The van der Waals surface area contributed by atoms with Gasteiger partial charge in [-0.05, 0) is 61.2 Å². The molecule has 0 N–H and O–H groups in total. The van der Waals surface area contributed by atoms with Gasteiger partial charge in [0.15, 0.2) is 0 Å². The van der Waals surface area contributed by atoms with Crippen LogP contribution in [0.15, 0.2) is 53.4 Å². The van der Waals surface area contributed by atoms with Crippen LogP contribution < -0.4 is 0 Å². The molecule has 1 fully saturated rings. The number of carbonyl (C=O) groups excluding carboxylic acids is 1. The number of benzene rings is 2. The van der Waals surface area contributed by atoms with Crippen LogP contribution in [0, 0.1) is 0 Å². The quantitative estimate of drug-likeness (QED) is 0.430. The van der Waals surface area contributed by atoms with Gasteiger partial charge in [-0.2, -0.15) is 17.5 Å². The van der Waals surface area contributed by atoms with Gasteiger partial charge in [-0.15, -0.1) is 0 Å². The van der Waals surface area contributed by atoms with E-state index in [0.717, 1.165) is 16.4 Å². The summed E-state index contributed by atoms with van der Waals surface area (Å²) in [5.74, 6) is -0.634. The molecule has 2 aromatic rings. The minimum Gasteiger partial charge on any atom is -0.465 e. The lowest BCUT2D eigenvalue weighted by Gasteiger charge is -2.38. The molecule has 0 bridgehead atoms. The average molecular weight is 563 g/mol. The van der Waals surface area contributed by atoms with E-state index in [0.29, 0.717) is 37.0 Å². The molecule has 3 rings (SSSR count). The fourth-order valence-corrected chi connectivity index (χ4v) is 7.42. The van der Waals surface area contributed by atoms with Gasteiger partial charge in [0.25, 0.3) is 0 Å². The van der Waals surface area contributed by atoms with Crippen molar-refractivity contribution >= 4 is 26.0 Å². The normalized spacial score (nSPS) is 17.6. The van der Waals surface area contributed by atoms with Gasteiger partial charge in [-0.1, -0.05) is 19.1 Å². The summed E-state index contributed by atoms with van der Waals surface area (Å²) in [6.07, 6.45) is -3.42. The Hall–Kier alpha value is -2.48. The molecule has 204 valence electrons. The van der Waals surface area contributed by atoms with Crippen molar-refractivity contribution < 1.29 is 39.5 Å². The molecule has 1 aliphatic heterocycles. The highest BCUT2D eigenvalue weighted by Crippen LogP contribution is 2.32. The number of hydrogen-bond acceptors (Lipinski definition) is 6. The lowest BCUT2D eigenvalue weighted by atomic mass is 10.1. The van der Waals surface area contributed by atoms with Crippen molar-refractivity contribution in [1.29, 1.82) is 0 Å². The predicted molar refractivity (Wildman–Crippen MR) is 131 cm³/mol. The second-order valence-corrected chi connectivity index (χ2v) is 12.7. The molecule has 0 aromatic heterocycles. The fourth-order valence-electron chi connectivity index (χ4n) is 4.20. The number of ether oxygens (including phenoxy) is 1. The Bertz CT molecular complexity index is 1300. The van der Waals surface area contributed by atoms with Crippen LogP contribution in [0.25, 0.3) is 0 Å². The Kier molecular flexibility index (Phi) is 9.04. The third kappa shape index (κ3) is 6.89. The monoisotopic (exact) mass is 562 g/mol. The lowest BCUT2D eigenvalue weighted by molar-refractivity contribution is -0.137. The Labute approximate surface area is 215 Å². The van der Waals surface area contributed by atoms with Gasteiger partial charge in [0.05, 0.1) is 28.9 Å². The van der Waals surface area contributed by atoms with Gasteiger partial charge in [0.1, 0.15) is 0 Å². The highest BCUT2D eigenvalue weighted by Gasteiger charge is 2.38. The van der Waals surface area contributed by atoms with Crippen molar-refractivity contribution in [2.45, 2.75) is 49.8 Å². The molecule has 2 aromatic carbocycles. The summed E-state index contributed by atoms with van der Waals surface area (Å²) in [5, 5.41) is 0. The molecule has 0 spiro atoms. The lowest BCUT2D eigenvalue weighted by Crippen LogP contribution is -2.51. The molecule has 1 saturated heterocycles. The van der Waals surface area contributed by atoms with Gasteiger partial charge >= 0.3 is 12.1 Å². The van der Waals surface area contributed by atoms with Crippen molar-refractivity contribution in [3.63, 3.8) is 0 Å². The fraction of sp³-hybridized carbons (Fsp3) is 0.458. The van der Waals surface area contributed by atoms with E-state index in [1.807, 2.05) is 0 Å². The summed E-state index contributed by atoms with van der Waals surface area (Å²) in [6, 6.07) is 8.52. The molecule has 1 atom stereocenters. The number of carbonyl (C=O) groups is 1. The Balaban J connectivity index is 1.99. The van der Waals surface area contributed by atoms with E-state index in [9.17, 15) is 34.8 Å². The molecule has 0 saturated carbocycles. The first-order chi connectivity index (χ1) is 17.3. The number of methoxy groups -OCH3 is 1. The van der Waals surface area contributed by atoms with Crippen LogP contribution in [0.5, 0.6) is 0 Å². The molecule has 1 unspecified atom stereocenters. The van der Waals surface area contributed by atoms with Gasteiger partial charge in [0.2, 0.25) is 20.0 Å². The molecule has 0 amide bonds. The van der Waals surface area contributed by atoms with Gasteiger partial charge < -0.3 is 4.74 Å². The molecule has 0 radical (unpaired) electrons.